The molecular weight excluding hydrogens is 274 g/mol. The number of nitrogens with zero attached hydrogens (tertiary/aromatic N) is 2. The van der Waals surface area contributed by atoms with E-state index in [2.05, 4.69) is 15.2 Å². The van der Waals surface area contributed by atoms with Crippen LogP contribution in [-0.2, 0) is 0 Å². The van der Waals surface area contributed by atoms with Crippen LogP contribution in [0.5, 0.6) is 0 Å². The summed E-state index contributed by atoms with van der Waals surface area (Å²) in [5.41, 5.74) is 0.860. The van der Waals surface area contributed by atoms with E-state index in [1.807, 2.05) is 19.1 Å². The Kier molecular flexibility index (Phi) is 6.07. The molecule has 2 heterocycles. The topological polar surface area (TPSA) is 48.4 Å². The van der Waals surface area contributed by atoms with Gasteiger partial charge in [0, 0.05) is 19.7 Å². The van der Waals surface area contributed by atoms with E-state index in [1.54, 1.807) is 0 Å². The minimum absolute atomic E-state index is 0.322. The lowest BCUT2D eigenvalue weighted by Gasteiger charge is -2.31. The SMILES string of the molecule is Cc1nc(NCCCN2CCC[C@H](CO)C2)ccc1Cl. The zero-order valence-corrected chi connectivity index (χ0v) is 12.9. The van der Waals surface area contributed by atoms with Crippen LogP contribution >= 0.6 is 11.6 Å². The molecule has 1 saturated heterocycles. The van der Waals surface area contributed by atoms with Crippen LogP contribution in [0.15, 0.2) is 12.1 Å². The van der Waals surface area contributed by atoms with E-state index < -0.39 is 0 Å². The molecule has 112 valence electrons. The van der Waals surface area contributed by atoms with Gasteiger partial charge in [0.1, 0.15) is 5.82 Å². The summed E-state index contributed by atoms with van der Waals surface area (Å²) in [6.45, 7) is 6.42. The maximum atomic E-state index is 9.22. The molecule has 20 heavy (non-hydrogen) atoms. The molecule has 1 aromatic heterocycles. The third-order valence-corrected chi connectivity index (χ3v) is 4.24. The molecule has 2 rings (SSSR count). The zero-order valence-electron chi connectivity index (χ0n) is 12.1. The quantitative estimate of drug-likeness (QED) is 0.792. The molecule has 1 aliphatic heterocycles. The van der Waals surface area contributed by atoms with Crippen LogP contribution in [0.25, 0.3) is 0 Å². The highest BCUT2D eigenvalue weighted by molar-refractivity contribution is 6.31. The summed E-state index contributed by atoms with van der Waals surface area (Å²) >= 11 is 5.95. The Labute approximate surface area is 126 Å². The summed E-state index contributed by atoms with van der Waals surface area (Å²) in [5, 5.41) is 13.3. The van der Waals surface area contributed by atoms with Gasteiger partial charge >= 0.3 is 0 Å². The molecule has 4 nitrogen and oxygen atoms in total. The van der Waals surface area contributed by atoms with Crippen LogP contribution in [0, 0.1) is 12.8 Å². The number of piperidine rings is 1. The van der Waals surface area contributed by atoms with Crippen LogP contribution in [-0.4, -0.2) is 47.8 Å². The summed E-state index contributed by atoms with van der Waals surface area (Å²) in [5.74, 6) is 1.36. The predicted molar refractivity (Wildman–Crippen MR) is 83.3 cm³/mol. The molecule has 0 bridgehead atoms. The van der Waals surface area contributed by atoms with Gasteiger partial charge in [0.15, 0.2) is 0 Å². The lowest BCUT2D eigenvalue weighted by Crippen LogP contribution is -2.37. The highest BCUT2D eigenvalue weighted by Crippen LogP contribution is 2.17. The molecule has 0 aliphatic carbocycles. The van der Waals surface area contributed by atoms with E-state index in [4.69, 9.17) is 11.6 Å². The van der Waals surface area contributed by atoms with E-state index in [9.17, 15) is 5.11 Å². The number of halogens is 1. The van der Waals surface area contributed by atoms with Crippen molar-refractivity contribution < 1.29 is 5.11 Å². The van der Waals surface area contributed by atoms with E-state index >= 15 is 0 Å². The van der Waals surface area contributed by atoms with Gasteiger partial charge in [-0.05, 0) is 57.3 Å². The van der Waals surface area contributed by atoms with Gasteiger partial charge in [-0.3, -0.25) is 0 Å². The number of anilines is 1. The van der Waals surface area contributed by atoms with Gasteiger partial charge in [0.05, 0.1) is 10.7 Å². The minimum Gasteiger partial charge on any atom is -0.396 e. The number of likely N-dealkylation sites (tertiary alicyclic amines) is 1. The van der Waals surface area contributed by atoms with E-state index in [-0.39, 0.29) is 0 Å². The molecule has 2 N–H and O–H groups in total. The Balaban J connectivity index is 1.67. The first-order valence-corrected chi connectivity index (χ1v) is 7.77. The molecule has 0 aromatic carbocycles. The Morgan fingerprint density at radius 3 is 3.10 bits per heavy atom. The second-order valence-electron chi connectivity index (χ2n) is 5.54. The van der Waals surface area contributed by atoms with Gasteiger partial charge in [-0.1, -0.05) is 11.6 Å². The average molecular weight is 298 g/mol. The third kappa shape index (κ3) is 4.62. The lowest BCUT2D eigenvalue weighted by molar-refractivity contribution is 0.120. The van der Waals surface area contributed by atoms with E-state index in [1.165, 1.54) is 12.8 Å². The van der Waals surface area contributed by atoms with Gasteiger partial charge in [0.2, 0.25) is 0 Å². The van der Waals surface area contributed by atoms with Crippen molar-refractivity contribution in [2.45, 2.75) is 26.2 Å². The summed E-state index contributed by atoms with van der Waals surface area (Å²) in [6.07, 6.45) is 3.46. The van der Waals surface area contributed by atoms with Crippen molar-refractivity contribution in [1.82, 2.24) is 9.88 Å². The fourth-order valence-electron chi connectivity index (χ4n) is 2.67. The number of aryl methyl sites for hydroxylation is 1. The summed E-state index contributed by atoms with van der Waals surface area (Å²) < 4.78 is 0. The Morgan fingerprint density at radius 1 is 1.50 bits per heavy atom. The maximum Gasteiger partial charge on any atom is 0.126 e. The normalized spacial score (nSPS) is 20.1. The van der Waals surface area contributed by atoms with Crippen LogP contribution in [0.3, 0.4) is 0 Å². The van der Waals surface area contributed by atoms with Crippen molar-refractivity contribution in [3.05, 3.63) is 22.8 Å². The third-order valence-electron chi connectivity index (χ3n) is 3.84. The number of hydrogen-bond donors (Lipinski definition) is 2. The van der Waals surface area contributed by atoms with Crippen LogP contribution in [0.2, 0.25) is 5.02 Å². The number of aliphatic hydroxyl groups is 1. The fourth-order valence-corrected chi connectivity index (χ4v) is 2.77. The maximum absolute atomic E-state index is 9.22. The first-order valence-electron chi connectivity index (χ1n) is 7.39. The van der Waals surface area contributed by atoms with Crippen LogP contribution in [0.1, 0.15) is 25.0 Å². The number of aliphatic hydroxyl groups excluding tert-OH is 1. The Morgan fingerprint density at radius 2 is 2.35 bits per heavy atom. The van der Waals surface area contributed by atoms with Gasteiger partial charge < -0.3 is 15.3 Å². The number of hydrogen-bond acceptors (Lipinski definition) is 4. The smallest absolute Gasteiger partial charge is 0.126 e. The van der Waals surface area contributed by atoms with Crippen molar-refractivity contribution in [3.63, 3.8) is 0 Å². The summed E-state index contributed by atoms with van der Waals surface area (Å²) in [6, 6.07) is 3.79. The molecule has 1 aromatic rings. The number of nitrogens with one attached hydrogen (secondary N) is 1. The Bertz CT molecular complexity index is 428. The van der Waals surface area contributed by atoms with Crippen molar-refractivity contribution in [1.29, 1.82) is 0 Å². The molecular formula is C15H24ClN3O. The number of aromatic nitrogens is 1. The number of pyridine rings is 1. The Hall–Kier alpha value is -0.840. The van der Waals surface area contributed by atoms with E-state index in [0.29, 0.717) is 17.5 Å². The van der Waals surface area contributed by atoms with Crippen molar-refractivity contribution >= 4 is 17.4 Å². The average Bonchev–Trinajstić information content (AvgIpc) is 2.47. The van der Waals surface area contributed by atoms with Crippen LogP contribution in [0.4, 0.5) is 5.82 Å². The van der Waals surface area contributed by atoms with Gasteiger partial charge in [0.25, 0.3) is 0 Å². The molecule has 1 atom stereocenters. The largest absolute Gasteiger partial charge is 0.396 e. The monoisotopic (exact) mass is 297 g/mol. The summed E-state index contributed by atoms with van der Waals surface area (Å²) in [7, 11) is 0. The predicted octanol–water partition coefficient (Wildman–Crippen LogP) is 2.55. The second-order valence-corrected chi connectivity index (χ2v) is 5.94. The van der Waals surface area contributed by atoms with Crippen molar-refractivity contribution in [2.24, 2.45) is 5.92 Å². The number of rotatable bonds is 6. The van der Waals surface area contributed by atoms with Gasteiger partial charge in [-0.15, -0.1) is 0 Å². The van der Waals surface area contributed by atoms with Crippen LogP contribution < -0.4 is 5.32 Å². The fraction of sp³-hybridized carbons (Fsp3) is 0.667. The van der Waals surface area contributed by atoms with Crippen molar-refractivity contribution in [2.75, 3.05) is 38.1 Å². The molecule has 0 spiro atoms. The highest BCUT2D eigenvalue weighted by Gasteiger charge is 2.18. The van der Waals surface area contributed by atoms with Crippen molar-refractivity contribution in [3.8, 4) is 0 Å². The molecule has 5 heteroatoms. The van der Waals surface area contributed by atoms with Gasteiger partial charge in [-0.2, -0.15) is 0 Å². The molecule has 0 amide bonds. The van der Waals surface area contributed by atoms with E-state index in [0.717, 1.165) is 44.1 Å². The molecule has 0 radical (unpaired) electrons. The minimum atomic E-state index is 0.322. The molecule has 0 saturated carbocycles. The zero-order chi connectivity index (χ0) is 14.4. The second kappa shape index (κ2) is 7.81. The summed E-state index contributed by atoms with van der Waals surface area (Å²) in [4.78, 5) is 6.84. The standard InChI is InChI=1S/C15H24ClN3O/c1-12-14(16)5-6-15(18-12)17-7-3-9-19-8-2-4-13(10-19)11-20/h5-6,13,20H,2-4,7-11H2,1H3,(H,17,18)/t13-/m0/s1. The van der Waals surface area contributed by atoms with Gasteiger partial charge in [-0.25, -0.2) is 4.98 Å². The lowest BCUT2D eigenvalue weighted by atomic mass is 9.99. The molecule has 1 fully saturated rings. The molecule has 1 aliphatic rings. The first kappa shape index (κ1) is 15.5. The highest BCUT2D eigenvalue weighted by atomic mass is 35.5. The first-order chi connectivity index (χ1) is 9.69. The molecule has 0 unspecified atom stereocenters.